The van der Waals surface area contributed by atoms with Gasteiger partial charge in [0.1, 0.15) is 0 Å². The van der Waals surface area contributed by atoms with Crippen LogP contribution in [-0.4, -0.2) is 42.0 Å². The van der Waals surface area contributed by atoms with Crippen LogP contribution in [0.2, 0.25) is 0 Å². The lowest BCUT2D eigenvalue weighted by atomic mass is 9.89. The Morgan fingerprint density at radius 2 is 1.81 bits per heavy atom. The van der Waals surface area contributed by atoms with Crippen LogP contribution < -0.4 is 0 Å². The van der Waals surface area contributed by atoms with Crippen molar-refractivity contribution >= 4 is 0 Å². The van der Waals surface area contributed by atoms with Crippen molar-refractivity contribution in [1.29, 1.82) is 0 Å². The molecule has 3 rings (SSSR count). The average Bonchev–Trinajstić information content (AvgIpc) is 2.46. The highest BCUT2D eigenvalue weighted by Crippen LogP contribution is 2.33. The van der Waals surface area contributed by atoms with E-state index in [0.717, 1.165) is 6.04 Å². The zero-order chi connectivity index (χ0) is 14.9. The van der Waals surface area contributed by atoms with Crippen LogP contribution in [0.1, 0.15) is 51.6 Å². The number of nitrogens with zero attached hydrogens (tertiary/aromatic N) is 2. The SMILES string of the molecule is CC(C)(C)CN1CC2CCCCN2CC1c1ccccc1. The van der Waals surface area contributed by atoms with Gasteiger partial charge in [0.15, 0.2) is 0 Å². The van der Waals surface area contributed by atoms with Crippen molar-refractivity contribution in [3.8, 4) is 0 Å². The number of fused-ring (bicyclic) bond motifs is 1. The molecule has 0 radical (unpaired) electrons. The number of piperidine rings is 1. The second-order valence-corrected chi connectivity index (χ2v) is 8.06. The molecule has 2 heteroatoms. The molecule has 2 saturated heterocycles. The zero-order valence-corrected chi connectivity index (χ0v) is 13.9. The molecule has 2 heterocycles. The summed E-state index contributed by atoms with van der Waals surface area (Å²) in [7, 11) is 0. The Balaban J connectivity index is 1.82. The number of rotatable bonds is 2. The second kappa shape index (κ2) is 6.10. The summed E-state index contributed by atoms with van der Waals surface area (Å²) in [5.41, 5.74) is 1.86. The summed E-state index contributed by atoms with van der Waals surface area (Å²) in [6.07, 6.45) is 4.19. The van der Waals surface area contributed by atoms with Gasteiger partial charge in [-0.3, -0.25) is 9.80 Å². The van der Waals surface area contributed by atoms with E-state index in [9.17, 15) is 0 Å². The van der Waals surface area contributed by atoms with Gasteiger partial charge in [-0.2, -0.15) is 0 Å². The molecule has 0 amide bonds. The van der Waals surface area contributed by atoms with Gasteiger partial charge in [0.2, 0.25) is 0 Å². The summed E-state index contributed by atoms with van der Waals surface area (Å²) in [6, 6.07) is 12.5. The highest BCUT2D eigenvalue weighted by atomic mass is 15.3. The van der Waals surface area contributed by atoms with Gasteiger partial charge < -0.3 is 0 Å². The van der Waals surface area contributed by atoms with E-state index in [0.29, 0.717) is 11.5 Å². The first-order valence-corrected chi connectivity index (χ1v) is 8.56. The van der Waals surface area contributed by atoms with E-state index in [1.54, 1.807) is 0 Å². The summed E-state index contributed by atoms with van der Waals surface area (Å²) in [6.45, 7) is 12.0. The van der Waals surface area contributed by atoms with Crippen molar-refractivity contribution in [2.75, 3.05) is 26.2 Å². The van der Waals surface area contributed by atoms with Gasteiger partial charge in [0.05, 0.1) is 0 Å². The van der Waals surface area contributed by atoms with Crippen LogP contribution in [0.3, 0.4) is 0 Å². The molecule has 0 spiro atoms. The quantitative estimate of drug-likeness (QED) is 0.812. The summed E-state index contributed by atoms with van der Waals surface area (Å²) in [4.78, 5) is 5.50. The molecule has 116 valence electrons. The molecule has 2 atom stereocenters. The predicted molar refractivity (Wildman–Crippen MR) is 89.4 cm³/mol. The van der Waals surface area contributed by atoms with Gasteiger partial charge in [0.25, 0.3) is 0 Å². The maximum atomic E-state index is 2.75. The topological polar surface area (TPSA) is 6.48 Å². The van der Waals surface area contributed by atoms with Gasteiger partial charge in [-0.15, -0.1) is 0 Å². The fourth-order valence-corrected chi connectivity index (χ4v) is 4.02. The zero-order valence-electron chi connectivity index (χ0n) is 13.9. The van der Waals surface area contributed by atoms with E-state index in [1.165, 1.54) is 51.0 Å². The van der Waals surface area contributed by atoms with Crippen molar-refractivity contribution in [2.45, 2.75) is 52.1 Å². The van der Waals surface area contributed by atoms with Crippen molar-refractivity contribution in [1.82, 2.24) is 9.80 Å². The molecule has 21 heavy (non-hydrogen) atoms. The van der Waals surface area contributed by atoms with Gasteiger partial charge in [-0.25, -0.2) is 0 Å². The molecular formula is C19H30N2. The molecular weight excluding hydrogens is 256 g/mol. The molecule has 0 bridgehead atoms. The van der Waals surface area contributed by atoms with E-state index >= 15 is 0 Å². The molecule has 0 aliphatic carbocycles. The van der Waals surface area contributed by atoms with E-state index in [4.69, 9.17) is 0 Å². The lowest BCUT2D eigenvalue weighted by Crippen LogP contribution is -2.57. The van der Waals surface area contributed by atoms with Crippen LogP contribution >= 0.6 is 0 Å². The first kappa shape index (κ1) is 15.1. The third-order valence-electron chi connectivity index (χ3n) is 4.90. The Labute approximate surface area is 130 Å². The average molecular weight is 286 g/mol. The second-order valence-electron chi connectivity index (χ2n) is 8.06. The van der Waals surface area contributed by atoms with Gasteiger partial charge in [0, 0.05) is 31.7 Å². The van der Waals surface area contributed by atoms with Crippen molar-refractivity contribution in [3.05, 3.63) is 35.9 Å². The minimum Gasteiger partial charge on any atom is -0.297 e. The number of benzene rings is 1. The largest absolute Gasteiger partial charge is 0.297 e. The minimum absolute atomic E-state index is 0.365. The summed E-state index contributed by atoms with van der Waals surface area (Å²) in [5, 5.41) is 0. The molecule has 2 unspecified atom stereocenters. The standard InChI is InChI=1S/C19H30N2/c1-19(2,3)15-21-13-17-11-7-8-12-20(17)14-18(21)16-9-5-4-6-10-16/h4-6,9-10,17-18H,7-8,11-15H2,1-3H3. The fourth-order valence-electron chi connectivity index (χ4n) is 4.02. The lowest BCUT2D eigenvalue weighted by molar-refractivity contribution is -0.00696. The Morgan fingerprint density at radius 3 is 2.52 bits per heavy atom. The van der Waals surface area contributed by atoms with E-state index in [2.05, 4.69) is 60.9 Å². The first-order chi connectivity index (χ1) is 10.0. The Morgan fingerprint density at radius 1 is 1.05 bits per heavy atom. The van der Waals surface area contributed by atoms with Crippen molar-refractivity contribution in [3.63, 3.8) is 0 Å². The van der Waals surface area contributed by atoms with Crippen molar-refractivity contribution in [2.24, 2.45) is 5.41 Å². The molecule has 1 aromatic rings. The van der Waals surface area contributed by atoms with Crippen LogP contribution in [0.4, 0.5) is 0 Å². The van der Waals surface area contributed by atoms with Crippen molar-refractivity contribution < 1.29 is 0 Å². The van der Waals surface area contributed by atoms with Crippen LogP contribution in [0.25, 0.3) is 0 Å². The van der Waals surface area contributed by atoms with Gasteiger partial charge in [-0.1, -0.05) is 57.5 Å². The van der Waals surface area contributed by atoms with Crippen LogP contribution in [0.15, 0.2) is 30.3 Å². The normalized spacial score (nSPS) is 28.3. The number of hydrogen-bond donors (Lipinski definition) is 0. The lowest BCUT2D eigenvalue weighted by Gasteiger charge is -2.50. The summed E-state index contributed by atoms with van der Waals surface area (Å²) < 4.78 is 0. The highest BCUT2D eigenvalue weighted by Gasteiger charge is 2.36. The Hall–Kier alpha value is -0.860. The van der Waals surface area contributed by atoms with Gasteiger partial charge in [-0.05, 0) is 30.4 Å². The maximum Gasteiger partial charge on any atom is 0.0476 e. The molecule has 1 aromatic carbocycles. The van der Waals surface area contributed by atoms with Crippen LogP contribution in [-0.2, 0) is 0 Å². The molecule has 2 fully saturated rings. The highest BCUT2D eigenvalue weighted by molar-refractivity contribution is 5.20. The molecule has 0 aromatic heterocycles. The fraction of sp³-hybridized carbons (Fsp3) is 0.684. The predicted octanol–water partition coefficient (Wildman–Crippen LogP) is 3.94. The summed E-state index contributed by atoms with van der Waals surface area (Å²) in [5.74, 6) is 0. The Kier molecular flexibility index (Phi) is 4.37. The van der Waals surface area contributed by atoms with E-state index in [-0.39, 0.29) is 0 Å². The smallest absolute Gasteiger partial charge is 0.0476 e. The van der Waals surface area contributed by atoms with Crippen LogP contribution in [0, 0.1) is 5.41 Å². The van der Waals surface area contributed by atoms with E-state index < -0.39 is 0 Å². The first-order valence-electron chi connectivity index (χ1n) is 8.56. The monoisotopic (exact) mass is 286 g/mol. The van der Waals surface area contributed by atoms with Gasteiger partial charge >= 0.3 is 0 Å². The molecule has 2 aliphatic rings. The maximum absolute atomic E-state index is 2.75. The minimum atomic E-state index is 0.365. The van der Waals surface area contributed by atoms with Crippen LogP contribution in [0.5, 0.6) is 0 Å². The number of piperazine rings is 1. The Bertz CT molecular complexity index is 448. The molecule has 2 aliphatic heterocycles. The summed E-state index contributed by atoms with van der Waals surface area (Å²) >= 11 is 0. The number of hydrogen-bond acceptors (Lipinski definition) is 2. The molecule has 2 nitrogen and oxygen atoms in total. The van der Waals surface area contributed by atoms with E-state index in [1.807, 2.05) is 0 Å². The molecule has 0 saturated carbocycles. The third kappa shape index (κ3) is 3.67. The third-order valence-corrected chi connectivity index (χ3v) is 4.90. The molecule has 0 N–H and O–H groups in total.